The molecule has 1 saturated heterocycles. The van der Waals surface area contributed by atoms with Gasteiger partial charge < -0.3 is 9.84 Å². The van der Waals surface area contributed by atoms with Crippen molar-refractivity contribution in [3.05, 3.63) is 34.2 Å². The fourth-order valence-electron chi connectivity index (χ4n) is 3.20. The van der Waals surface area contributed by atoms with Gasteiger partial charge in [-0.2, -0.15) is 0 Å². The van der Waals surface area contributed by atoms with Gasteiger partial charge in [0.2, 0.25) is 0 Å². The number of benzene rings is 1. The predicted molar refractivity (Wildman–Crippen MR) is 81.5 cm³/mol. The summed E-state index contributed by atoms with van der Waals surface area (Å²) >= 11 is 0. The summed E-state index contributed by atoms with van der Waals surface area (Å²) in [6, 6.07) is 5.76. The zero-order chi connectivity index (χ0) is 15.0. The van der Waals surface area contributed by atoms with Crippen molar-refractivity contribution < 1.29 is 9.84 Å². The van der Waals surface area contributed by atoms with E-state index in [1.807, 2.05) is 32.0 Å². The van der Waals surface area contributed by atoms with Crippen LogP contribution in [0.5, 0.6) is 0 Å². The molecule has 0 amide bonds. The first-order chi connectivity index (χ1) is 10.2. The minimum absolute atomic E-state index is 0.0127. The highest BCUT2D eigenvalue weighted by Crippen LogP contribution is 2.28. The highest BCUT2D eigenvalue weighted by molar-refractivity contribution is 5.77. The summed E-state index contributed by atoms with van der Waals surface area (Å²) in [5, 5.41) is 10.5. The van der Waals surface area contributed by atoms with Crippen LogP contribution < -0.4 is 5.69 Å². The maximum Gasteiger partial charge on any atom is 0.329 e. The van der Waals surface area contributed by atoms with Crippen LogP contribution in [0.1, 0.15) is 38.4 Å². The minimum Gasteiger partial charge on any atom is -0.386 e. The van der Waals surface area contributed by atoms with E-state index in [-0.39, 0.29) is 11.8 Å². The molecule has 5 heteroatoms. The van der Waals surface area contributed by atoms with Crippen molar-refractivity contribution in [2.24, 2.45) is 0 Å². The Morgan fingerprint density at radius 3 is 2.62 bits per heavy atom. The molecule has 0 saturated carbocycles. The summed E-state index contributed by atoms with van der Waals surface area (Å²) in [6.45, 7) is 5.92. The largest absolute Gasteiger partial charge is 0.386 e. The maximum atomic E-state index is 12.3. The fourth-order valence-corrected chi connectivity index (χ4v) is 3.20. The van der Waals surface area contributed by atoms with E-state index in [0.717, 1.165) is 36.0 Å². The molecule has 1 fully saturated rings. The fraction of sp³-hybridized carbons (Fsp3) is 0.562. The van der Waals surface area contributed by atoms with Gasteiger partial charge >= 0.3 is 5.69 Å². The average molecular weight is 290 g/mol. The minimum atomic E-state index is -0.623. The molecule has 2 unspecified atom stereocenters. The van der Waals surface area contributed by atoms with Crippen LogP contribution in [-0.2, 0) is 17.8 Å². The quantitative estimate of drug-likeness (QED) is 0.937. The SMILES string of the molecule is CCn1c(=O)n(CC)c2cc(C(O)C3CCCO3)ccc21. The normalized spacial score (nSPS) is 20.2. The van der Waals surface area contributed by atoms with Crippen LogP contribution >= 0.6 is 0 Å². The summed E-state index contributed by atoms with van der Waals surface area (Å²) in [5.74, 6) is 0. The summed E-state index contributed by atoms with van der Waals surface area (Å²) in [5.41, 5.74) is 2.65. The Hall–Kier alpha value is -1.59. The van der Waals surface area contributed by atoms with Crippen LogP contribution in [0.4, 0.5) is 0 Å². The van der Waals surface area contributed by atoms with Gasteiger partial charge in [-0.05, 0) is 44.4 Å². The lowest BCUT2D eigenvalue weighted by Crippen LogP contribution is -2.23. The lowest BCUT2D eigenvalue weighted by Gasteiger charge is -2.18. The lowest BCUT2D eigenvalue weighted by atomic mass is 10.0. The molecule has 1 N–H and O–H groups in total. The van der Waals surface area contributed by atoms with Crippen molar-refractivity contribution in [1.82, 2.24) is 9.13 Å². The summed E-state index contributed by atoms with van der Waals surface area (Å²) in [4.78, 5) is 12.3. The van der Waals surface area contributed by atoms with E-state index >= 15 is 0 Å². The molecule has 1 aliphatic heterocycles. The van der Waals surface area contributed by atoms with Crippen molar-refractivity contribution in [3.63, 3.8) is 0 Å². The van der Waals surface area contributed by atoms with E-state index in [0.29, 0.717) is 13.1 Å². The van der Waals surface area contributed by atoms with Gasteiger partial charge in [-0.3, -0.25) is 9.13 Å². The summed E-state index contributed by atoms with van der Waals surface area (Å²) in [6.07, 6.45) is 1.13. The number of aryl methyl sites for hydroxylation is 2. The summed E-state index contributed by atoms with van der Waals surface area (Å²) < 4.78 is 9.08. The van der Waals surface area contributed by atoms with Gasteiger partial charge in [-0.25, -0.2) is 4.79 Å². The van der Waals surface area contributed by atoms with Gasteiger partial charge in [0.15, 0.2) is 0 Å². The third kappa shape index (κ3) is 2.30. The highest BCUT2D eigenvalue weighted by Gasteiger charge is 2.26. The number of hydrogen-bond acceptors (Lipinski definition) is 3. The van der Waals surface area contributed by atoms with Crippen LogP contribution in [0.3, 0.4) is 0 Å². The van der Waals surface area contributed by atoms with Gasteiger partial charge in [-0.1, -0.05) is 6.07 Å². The Morgan fingerprint density at radius 1 is 1.29 bits per heavy atom. The number of hydrogen-bond donors (Lipinski definition) is 1. The molecule has 3 rings (SSSR count). The Bertz CT molecular complexity index is 695. The second-order valence-corrected chi connectivity index (χ2v) is 5.52. The molecular weight excluding hydrogens is 268 g/mol. The van der Waals surface area contributed by atoms with Gasteiger partial charge in [0, 0.05) is 19.7 Å². The second kappa shape index (κ2) is 5.66. The van der Waals surface area contributed by atoms with E-state index in [4.69, 9.17) is 4.74 Å². The molecule has 21 heavy (non-hydrogen) atoms. The molecule has 1 aliphatic rings. The Kier molecular flexibility index (Phi) is 3.87. The number of fused-ring (bicyclic) bond motifs is 1. The molecule has 2 aromatic rings. The van der Waals surface area contributed by atoms with Crippen molar-refractivity contribution in [2.75, 3.05) is 6.61 Å². The molecule has 5 nitrogen and oxygen atoms in total. The highest BCUT2D eigenvalue weighted by atomic mass is 16.5. The van der Waals surface area contributed by atoms with Gasteiger partial charge in [0.05, 0.1) is 17.1 Å². The number of imidazole rings is 1. The maximum absolute atomic E-state index is 12.3. The standard InChI is InChI=1S/C16H22N2O3/c1-3-17-12-8-7-11(15(19)14-6-5-9-21-14)10-13(12)18(4-2)16(17)20/h7-8,10,14-15,19H,3-6,9H2,1-2H3. The zero-order valence-corrected chi connectivity index (χ0v) is 12.6. The first kappa shape index (κ1) is 14.4. The monoisotopic (exact) mass is 290 g/mol. The second-order valence-electron chi connectivity index (χ2n) is 5.52. The molecule has 2 heterocycles. The van der Waals surface area contributed by atoms with E-state index in [2.05, 4.69) is 0 Å². The van der Waals surface area contributed by atoms with Crippen LogP contribution in [0.15, 0.2) is 23.0 Å². The lowest BCUT2D eigenvalue weighted by molar-refractivity contribution is -0.00253. The number of ether oxygens (including phenoxy) is 1. The molecule has 1 aromatic heterocycles. The number of aliphatic hydroxyl groups is 1. The van der Waals surface area contributed by atoms with Crippen LogP contribution in [0.25, 0.3) is 11.0 Å². The number of aromatic nitrogens is 2. The van der Waals surface area contributed by atoms with Gasteiger partial charge in [0.1, 0.15) is 6.10 Å². The molecule has 0 radical (unpaired) electrons. The van der Waals surface area contributed by atoms with Crippen molar-refractivity contribution in [1.29, 1.82) is 0 Å². The van der Waals surface area contributed by atoms with E-state index < -0.39 is 6.10 Å². The van der Waals surface area contributed by atoms with Gasteiger partial charge in [-0.15, -0.1) is 0 Å². The van der Waals surface area contributed by atoms with E-state index in [1.54, 1.807) is 9.13 Å². The number of rotatable bonds is 4. The number of aliphatic hydroxyl groups excluding tert-OH is 1. The average Bonchev–Trinajstić information content (AvgIpc) is 3.11. The molecule has 114 valence electrons. The van der Waals surface area contributed by atoms with E-state index in [1.165, 1.54) is 0 Å². The Morgan fingerprint density at radius 2 is 2.00 bits per heavy atom. The molecule has 0 bridgehead atoms. The Labute approximate surface area is 123 Å². The van der Waals surface area contributed by atoms with Crippen molar-refractivity contribution in [3.8, 4) is 0 Å². The molecule has 2 atom stereocenters. The van der Waals surface area contributed by atoms with Gasteiger partial charge in [0.25, 0.3) is 0 Å². The smallest absolute Gasteiger partial charge is 0.329 e. The third-order valence-electron chi connectivity index (χ3n) is 4.33. The van der Waals surface area contributed by atoms with Crippen LogP contribution in [0.2, 0.25) is 0 Å². The molecule has 0 spiro atoms. The molecular formula is C16H22N2O3. The topological polar surface area (TPSA) is 56.4 Å². The van der Waals surface area contributed by atoms with Crippen LogP contribution in [-0.4, -0.2) is 27.0 Å². The third-order valence-corrected chi connectivity index (χ3v) is 4.33. The zero-order valence-electron chi connectivity index (χ0n) is 12.6. The van der Waals surface area contributed by atoms with Crippen molar-refractivity contribution >= 4 is 11.0 Å². The van der Waals surface area contributed by atoms with Crippen molar-refractivity contribution in [2.45, 2.75) is 52.0 Å². The molecule has 0 aliphatic carbocycles. The first-order valence-corrected chi connectivity index (χ1v) is 7.70. The predicted octanol–water partition coefficient (Wildman–Crippen LogP) is 2.06. The van der Waals surface area contributed by atoms with Crippen LogP contribution in [0, 0.1) is 0 Å². The molecule has 1 aromatic carbocycles. The summed E-state index contributed by atoms with van der Waals surface area (Å²) in [7, 11) is 0. The first-order valence-electron chi connectivity index (χ1n) is 7.70. The Balaban J connectivity index is 2.09. The number of nitrogens with zero attached hydrogens (tertiary/aromatic N) is 2. The van der Waals surface area contributed by atoms with E-state index in [9.17, 15) is 9.90 Å².